The van der Waals surface area contributed by atoms with Gasteiger partial charge in [-0.15, -0.1) is 0 Å². The number of halogens is 5. The third-order valence-electron chi connectivity index (χ3n) is 6.67. The Morgan fingerprint density at radius 3 is 2.72 bits per heavy atom. The standard InChI is InChI=1S/C22H22BrClF3N5/c1-21(2)16(6-7-22(21,3)28)30-18-12(9-29-32-10-11(23)8-15(18)32)20(27)31-19-13(24)4-5-14(25)17(19)26/h4-5,8-10,16,30H,6-7,28H2,1-3H3/t16-,22+/m1/s1. The molecule has 2 aromatic heterocycles. The Bertz CT molecular complexity index is 1240. The third kappa shape index (κ3) is 3.80. The number of rotatable bonds is 4. The van der Waals surface area contributed by atoms with E-state index < -0.39 is 28.8 Å². The number of aliphatic imine (C=N–C) groups is 1. The monoisotopic (exact) mass is 527 g/mol. The van der Waals surface area contributed by atoms with E-state index in [-0.39, 0.29) is 22.0 Å². The minimum absolute atomic E-state index is 0.00394. The Balaban J connectivity index is 1.85. The lowest BCUT2D eigenvalue weighted by Crippen LogP contribution is -2.51. The fourth-order valence-corrected chi connectivity index (χ4v) is 4.66. The van der Waals surface area contributed by atoms with Crippen molar-refractivity contribution < 1.29 is 13.2 Å². The van der Waals surface area contributed by atoms with E-state index in [1.165, 1.54) is 6.20 Å². The van der Waals surface area contributed by atoms with Gasteiger partial charge in [0.25, 0.3) is 0 Å². The maximum atomic E-state index is 15.4. The van der Waals surface area contributed by atoms with Crippen molar-refractivity contribution in [1.82, 2.24) is 9.61 Å². The number of hydrogen-bond donors (Lipinski definition) is 2. The molecular formula is C22H22BrClF3N5. The fraction of sp³-hybridized carbons (Fsp3) is 0.364. The molecule has 4 rings (SSSR count). The number of fused-ring (bicyclic) bond motifs is 1. The molecule has 170 valence electrons. The molecule has 1 saturated carbocycles. The minimum Gasteiger partial charge on any atom is -0.379 e. The number of nitrogens with one attached hydrogen (secondary N) is 1. The molecule has 3 N–H and O–H groups in total. The Labute approximate surface area is 197 Å². The summed E-state index contributed by atoms with van der Waals surface area (Å²) in [5.74, 6) is -3.53. The van der Waals surface area contributed by atoms with E-state index in [2.05, 4.69) is 45.2 Å². The van der Waals surface area contributed by atoms with Gasteiger partial charge in [-0.05, 0) is 53.9 Å². The van der Waals surface area contributed by atoms with Crippen molar-refractivity contribution in [2.24, 2.45) is 16.1 Å². The molecule has 0 unspecified atom stereocenters. The molecule has 2 heterocycles. The Hall–Kier alpha value is -2.10. The number of hydrogen-bond acceptors (Lipinski definition) is 4. The van der Waals surface area contributed by atoms with Crippen LogP contribution in [-0.4, -0.2) is 27.2 Å². The van der Waals surface area contributed by atoms with E-state index in [9.17, 15) is 8.78 Å². The molecular weight excluding hydrogens is 507 g/mol. The number of anilines is 1. The lowest BCUT2D eigenvalue weighted by molar-refractivity contribution is 0.215. The topological polar surface area (TPSA) is 67.7 Å². The summed E-state index contributed by atoms with van der Waals surface area (Å²) in [6, 6.07) is 3.70. The van der Waals surface area contributed by atoms with Gasteiger partial charge in [-0.2, -0.15) is 9.49 Å². The highest BCUT2D eigenvalue weighted by Gasteiger charge is 2.49. The summed E-state index contributed by atoms with van der Waals surface area (Å²) in [5, 5.41) is 7.46. The summed E-state index contributed by atoms with van der Waals surface area (Å²) in [4.78, 5) is 3.68. The van der Waals surface area contributed by atoms with Crippen LogP contribution in [-0.2, 0) is 0 Å². The molecule has 32 heavy (non-hydrogen) atoms. The van der Waals surface area contributed by atoms with Crippen molar-refractivity contribution >= 4 is 50.4 Å². The largest absolute Gasteiger partial charge is 0.379 e. The highest BCUT2D eigenvalue weighted by atomic mass is 79.9. The van der Waals surface area contributed by atoms with Gasteiger partial charge in [-0.1, -0.05) is 25.4 Å². The summed E-state index contributed by atoms with van der Waals surface area (Å²) in [7, 11) is 0. The van der Waals surface area contributed by atoms with Crippen LogP contribution in [0.1, 0.15) is 39.2 Å². The molecule has 1 aliphatic rings. The lowest BCUT2D eigenvalue weighted by Gasteiger charge is -2.39. The minimum atomic E-state index is -1.32. The maximum Gasteiger partial charge on any atom is 0.224 e. The van der Waals surface area contributed by atoms with Crippen molar-refractivity contribution in [1.29, 1.82) is 0 Å². The van der Waals surface area contributed by atoms with Crippen LogP contribution in [0.4, 0.5) is 24.5 Å². The van der Waals surface area contributed by atoms with E-state index in [0.29, 0.717) is 11.2 Å². The van der Waals surface area contributed by atoms with Crippen LogP contribution in [0.15, 0.2) is 40.1 Å². The molecule has 10 heteroatoms. The van der Waals surface area contributed by atoms with Crippen LogP contribution in [0.3, 0.4) is 0 Å². The summed E-state index contributed by atoms with van der Waals surface area (Å²) < 4.78 is 45.6. The second kappa shape index (κ2) is 8.04. The van der Waals surface area contributed by atoms with E-state index in [1.807, 2.05) is 6.92 Å². The first kappa shape index (κ1) is 23.1. The van der Waals surface area contributed by atoms with Gasteiger partial charge in [-0.25, -0.2) is 18.3 Å². The lowest BCUT2D eigenvalue weighted by atomic mass is 9.75. The predicted octanol–water partition coefficient (Wildman–Crippen LogP) is 6.39. The van der Waals surface area contributed by atoms with E-state index in [0.717, 1.165) is 29.4 Å². The average molecular weight is 529 g/mol. The number of aromatic nitrogens is 2. The van der Waals surface area contributed by atoms with E-state index in [1.54, 1.807) is 16.8 Å². The molecule has 0 aliphatic heterocycles. The van der Waals surface area contributed by atoms with Crippen LogP contribution in [0, 0.1) is 17.0 Å². The van der Waals surface area contributed by atoms with Crippen LogP contribution in [0.25, 0.3) is 5.52 Å². The Morgan fingerprint density at radius 2 is 2.06 bits per heavy atom. The van der Waals surface area contributed by atoms with Gasteiger partial charge in [0.05, 0.1) is 28.0 Å². The highest BCUT2D eigenvalue weighted by molar-refractivity contribution is 9.10. The summed E-state index contributed by atoms with van der Waals surface area (Å²) in [6.45, 7) is 6.13. The van der Waals surface area contributed by atoms with Gasteiger partial charge in [-0.3, -0.25) is 0 Å². The first-order chi connectivity index (χ1) is 14.9. The zero-order valence-electron chi connectivity index (χ0n) is 17.7. The highest BCUT2D eigenvalue weighted by Crippen LogP contribution is 2.46. The van der Waals surface area contributed by atoms with Gasteiger partial charge in [0, 0.05) is 27.7 Å². The zero-order chi connectivity index (χ0) is 23.4. The van der Waals surface area contributed by atoms with Gasteiger partial charge in [0.2, 0.25) is 5.97 Å². The Morgan fingerprint density at radius 1 is 1.34 bits per heavy atom. The fourth-order valence-electron chi connectivity index (χ4n) is 4.06. The summed E-state index contributed by atoms with van der Waals surface area (Å²) >= 11 is 9.35. The normalized spacial score (nSPS) is 23.2. The molecule has 1 aromatic carbocycles. The molecule has 0 spiro atoms. The van der Waals surface area contributed by atoms with Crippen LogP contribution in [0.5, 0.6) is 0 Å². The van der Waals surface area contributed by atoms with Crippen molar-refractivity contribution in [3.63, 3.8) is 0 Å². The van der Waals surface area contributed by atoms with Crippen molar-refractivity contribution in [3.8, 4) is 0 Å². The second-order valence-electron chi connectivity index (χ2n) is 8.89. The zero-order valence-corrected chi connectivity index (χ0v) is 20.0. The first-order valence-corrected chi connectivity index (χ1v) is 11.2. The van der Waals surface area contributed by atoms with Crippen molar-refractivity contribution in [2.75, 3.05) is 5.32 Å². The van der Waals surface area contributed by atoms with Crippen LogP contribution < -0.4 is 11.1 Å². The second-order valence-corrected chi connectivity index (χ2v) is 10.2. The van der Waals surface area contributed by atoms with E-state index >= 15 is 4.39 Å². The van der Waals surface area contributed by atoms with E-state index in [4.69, 9.17) is 17.3 Å². The van der Waals surface area contributed by atoms with Crippen LogP contribution in [0.2, 0.25) is 5.02 Å². The number of benzene rings is 1. The molecule has 2 atom stereocenters. The van der Waals surface area contributed by atoms with Crippen molar-refractivity contribution in [2.45, 2.75) is 45.2 Å². The summed E-state index contributed by atoms with van der Waals surface area (Å²) in [5.41, 5.74) is 6.20. The quantitative estimate of drug-likeness (QED) is 0.304. The van der Waals surface area contributed by atoms with Gasteiger partial charge in [0.15, 0.2) is 11.6 Å². The van der Waals surface area contributed by atoms with Crippen molar-refractivity contribution in [3.05, 3.63) is 57.3 Å². The van der Waals surface area contributed by atoms with Gasteiger partial charge < -0.3 is 11.1 Å². The van der Waals surface area contributed by atoms with Gasteiger partial charge in [0.1, 0.15) is 5.69 Å². The molecule has 0 bridgehead atoms. The smallest absolute Gasteiger partial charge is 0.224 e. The predicted molar refractivity (Wildman–Crippen MR) is 125 cm³/mol. The molecule has 1 aliphatic carbocycles. The SMILES string of the molecule is CC1(C)[C@H](Nc2c(C(F)=Nc3c(Cl)ccc(F)c3F)cnn3cc(Br)cc23)CC[C@]1(C)N. The molecule has 5 nitrogen and oxygen atoms in total. The average Bonchev–Trinajstić information content (AvgIpc) is 3.19. The maximum absolute atomic E-state index is 15.4. The molecule has 1 fully saturated rings. The molecule has 0 saturated heterocycles. The molecule has 3 aromatic rings. The molecule has 0 radical (unpaired) electrons. The molecule has 0 amide bonds. The number of nitrogens with two attached hydrogens (primary N) is 1. The first-order valence-electron chi connectivity index (χ1n) is 10.0. The third-order valence-corrected chi connectivity index (χ3v) is 7.41. The Kier molecular flexibility index (Phi) is 5.80. The summed E-state index contributed by atoms with van der Waals surface area (Å²) in [6.07, 6.45) is 4.59. The van der Waals surface area contributed by atoms with Crippen LogP contribution >= 0.6 is 27.5 Å². The number of nitrogens with zero attached hydrogens (tertiary/aromatic N) is 3. The van der Waals surface area contributed by atoms with Gasteiger partial charge >= 0.3 is 0 Å².